The SMILES string of the molecule is O=C(COC(=O)c1ccc2c(c1)C(=O)N(CCc1ccccc1)C2=O)Nc1ccc(SC(F)F)cc1. The number of hydrogen-bond donors (Lipinski definition) is 1. The lowest BCUT2D eigenvalue weighted by Crippen LogP contribution is -2.31. The molecule has 0 radical (unpaired) electrons. The Labute approximate surface area is 209 Å². The highest BCUT2D eigenvalue weighted by Crippen LogP contribution is 2.26. The van der Waals surface area contributed by atoms with Crippen molar-refractivity contribution in [3.8, 4) is 0 Å². The van der Waals surface area contributed by atoms with Gasteiger partial charge in [0.05, 0.1) is 16.7 Å². The summed E-state index contributed by atoms with van der Waals surface area (Å²) in [6, 6.07) is 19.3. The maximum Gasteiger partial charge on any atom is 0.338 e. The standard InChI is InChI=1S/C26H20F2N2O5S/c27-26(28)36-19-9-7-18(8-10-19)29-22(31)15-35-25(34)17-6-11-20-21(14-17)24(33)30(23(20)32)13-12-16-4-2-1-3-5-16/h1-11,14,26H,12-13,15H2,(H,29,31). The number of rotatable bonds is 9. The minimum atomic E-state index is -2.55. The maximum absolute atomic E-state index is 12.8. The van der Waals surface area contributed by atoms with Gasteiger partial charge in [-0.25, -0.2) is 4.79 Å². The van der Waals surface area contributed by atoms with Crippen LogP contribution in [0.15, 0.2) is 77.7 Å². The van der Waals surface area contributed by atoms with Gasteiger partial charge in [-0.05, 0) is 54.4 Å². The van der Waals surface area contributed by atoms with E-state index in [0.717, 1.165) is 10.5 Å². The zero-order chi connectivity index (χ0) is 25.7. The highest BCUT2D eigenvalue weighted by Gasteiger charge is 2.35. The van der Waals surface area contributed by atoms with Crippen molar-refractivity contribution in [3.05, 3.63) is 95.1 Å². The predicted molar refractivity (Wildman–Crippen MR) is 129 cm³/mol. The van der Waals surface area contributed by atoms with Crippen molar-refractivity contribution >= 4 is 41.1 Å². The summed E-state index contributed by atoms with van der Waals surface area (Å²) in [6.07, 6.45) is 0.504. The van der Waals surface area contributed by atoms with Crippen molar-refractivity contribution in [2.24, 2.45) is 0 Å². The number of alkyl halides is 2. The molecule has 36 heavy (non-hydrogen) atoms. The summed E-state index contributed by atoms with van der Waals surface area (Å²) >= 11 is 0.385. The van der Waals surface area contributed by atoms with E-state index >= 15 is 0 Å². The van der Waals surface area contributed by atoms with E-state index < -0.39 is 36.1 Å². The Morgan fingerprint density at radius 3 is 2.31 bits per heavy atom. The summed E-state index contributed by atoms with van der Waals surface area (Å²) in [5.41, 5.74) is 1.68. The molecule has 0 atom stereocenters. The van der Waals surface area contributed by atoms with Crippen molar-refractivity contribution in [2.45, 2.75) is 17.1 Å². The number of carbonyl (C=O) groups excluding carboxylic acids is 4. The van der Waals surface area contributed by atoms with E-state index in [2.05, 4.69) is 5.32 Å². The van der Waals surface area contributed by atoms with Gasteiger partial charge in [-0.15, -0.1) is 0 Å². The molecule has 3 aromatic rings. The molecule has 0 saturated carbocycles. The molecule has 0 bridgehead atoms. The number of carbonyl (C=O) groups is 4. The quantitative estimate of drug-likeness (QED) is 0.256. The molecule has 3 amide bonds. The summed E-state index contributed by atoms with van der Waals surface area (Å²) in [4.78, 5) is 51.5. The van der Waals surface area contributed by atoms with Gasteiger partial charge in [-0.1, -0.05) is 42.1 Å². The van der Waals surface area contributed by atoms with E-state index in [9.17, 15) is 28.0 Å². The van der Waals surface area contributed by atoms with Crippen molar-refractivity contribution in [2.75, 3.05) is 18.5 Å². The van der Waals surface area contributed by atoms with Gasteiger partial charge in [-0.3, -0.25) is 19.3 Å². The van der Waals surface area contributed by atoms with Gasteiger partial charge in [0, 0.05) is 17.1 Å². The predicted octanol–water partition coefficient (Wildman–Crippen LogP) is 4.64. The van der Waals surface area contributed by atoms with Crippen molar-refractivity contribution in [3.63, 3.8) is 0 Å². The molecule has 1 aliphatic rings. The molecule has 0 fully saturated rings. The number of anilines is 1. The third-order valence-electron chi connectivity index (χ3n) is 5.37. The van der Waals surface area contributed by atoms with Crippen LogP contribution in [0, 0.1) is 0 Å². The van der Waals surface area contributed by atoms with Crippen LogP contribution in [0.3, 0.4) is 0 Å². The largest absolute Gasteiger partial charge is 0.452 e. The van der Waals surface area contributed by atoms with Crippen LogP contribution in [-0.2, 0) is 16.0 Å². The van der Waals surface area contributed by atoms with Crippen LogP contribution in [-0.4, -0.2) is 47.5 Å². The highest BCUT2D eigenvalue weighted by atomic mass is 32.2. The number of halogens is 2. The summed E-state index contributed by atoms with van der Waals surface area (Å²) < 4.78 is 29.8. The van der Waals surface area contributed by atoms with Gasteiger partial charge in [0.15, 0.2) is 6.61 Å². The minimum absolute atomic E-state index is 0.0287. The summed E-state index contributed by atoms with van der Waals surface area (Å²) in [5.74, 6) is -4.93. The first-order chi connectivity index (χ1) is 17.3. The lowest BCUT2D eigenvalue weighted by atomic mass is 10.1. The smallest absolute Gasteiger partial charge is 0.338 e. The topological polar surface area (TPSA) is 92.8 Å². The molecule has 0 aromatic heterocycles. The van der Waals surface area contributed by atoms with Gasteiger partial charge in [0.25, 0.3) is 23.5 Å². The van der Waals surface area contributed by atoms with Crippen LogP contribution in [0.2, 0.25) is 0 Å². The van der Waals surface area contributed by atoms with E-state index in [1.165, 1.54) is 42.5 Å². The molecule has 10 heteroatoms. The highest BCUT2D eigenvalue weighted by molar-refractivity contribution is 7.99. The van der Waals surface area contributed by atoms with Gasteiger partial charge in [0.1, 0.15) is 0 Å². The summed E-state index contributed by atoms with van der Waals surface area (Å²) in [6.45, 7) is -0.391. The number of esters is 1. The lowest BCUT2D eigenvalue weighted by molar-refractivity contribution is -0.119. The van der Waals surface area contributed by atoms with E-state index in [4.69, 9.17) is 4.74 Å². The average molecular weight is 511 g/mol. The summed E-state index contributed by atoms with van der Waals surface area (Å²) in [7, 11) is 0. The van der Waals surface area contributed by atoms with Crippen LogP contribution < -0.4 is 5.32 Å². The van der Waals surface area contributed by atoms with Crippen molar-refractivity contribution in [1.82, 2.24) is 4.90 Å². The minimum Gasteiger partial charge on any atom is -0.452 e. The van der Waals surface area contributed by atoms with E-state index in [1.54, 1.807) is 0 Å². The molecule has 7 nitrogen and oxygen atoms in total. The zero-order valence-electron chi connectivity index (χ0n) is 18.8. The molecule has 1 aliphatic heterocycles. The maximum atomic E-state index is 12.8. The molecular formula is C26H20F2N2O5S. The first-order valence-electron chi connectivity index (χ1n) is 10.9. The third-order valence-corrected chi connectivity index (χ3v) is 6.09. The van der Waals surface area contributed by atoms with E-state index in [0.29, 0.717) is 28.8 Å². The second-order valence-electron chi connectivity index (χ2n) is 7.79. The fraction of sp³-hybridized carbons (Fsp3) is 0.154. The number of benzene rings is 3. The van der Waals surface area contributed by atoms with E-state index in [1.807, 2.05) is 30.3 Å². The Bertz CT molecular complexity index is 1300. The molecule has 0 saturated heterocycles. The molecule has 0 unspecified atom stereocenters. The van der Waals surface area contributed by atoms with Gasteiger partial charge >= 0.3 is 5.97 Å². The van der Waals surface area contributed by atoms with Crippen molar-refractivity contribution < 1.29 is 32.7 Å². The molecule has 3 aromatic carbocycles. The number of fused-ring (bicyclic) bond motifs is 1. The van der Waals surface area contributed by atoms with Crippen LogP contribution >= 0.6 is 11.8 Å². The number of nitrogens with one attached hydrogen (secondary N) is 1. The fourth-order valence-corrected chi connectivity index (χ4v) is 4.14. The van der Waals surface area contributed by atoms with Crippen LogP contribution in [0.1, 0.15) is 36.6 Å². The summed E-state index contributed by atoms with van der Waals surface area (Å²) in [5, 5.41) is 2.50. The number of imide groups is 1. The average Bonchev–Trinajstić information content (AvgIpc) is 3.11. The van der Waals surface area contributed by atoms with Crippen LogP contribution in [0.25, 0.3) is 0 Å². The van der Waals surface area contributed by atoms with Gasteiger partial charge < -0.3 is 10.1 Å². The van der Waals surface area contributed by atoms with Crippen LogP contribution in [0.5, 0.6) is 0 Å². The number of nitrogens with zero attached hydrogens (tertiary/aromatic N) is 1. The van der Waals surface area contributed by atoms with E-state index in [-0.39, 0.29) is 23.2 Å². The van der Waals surface area contributed by atoms with Gasteiger partial charge in [-0.2, -0.15) is 8.78 Å². The number of hydrogen-bond acceptors (Lipinski definition) is 6. The molecule has 4 rings (SSSR count). The molecule has 0 aliphatic carbocycles. The Morgan fingerprint density at radius 2 is 1.61 bits per heavy atom. The van der Waals surface area contributed by atoms with Gasteiger partial charge in [0.2, 0.25) is 0 Å². The number of amides is 3. The number of thioether (sulfide) groups is 1. The third kappa shape index (κ3) is 5.95. The Morgan fingerprint density at radius 1 is 0.917 bits per heavy atom. The second kappa shape index (κ2) is 11.1. The molecular weight excluding hydrogens is 490 g/mol. The Hall–Kier alpha value is -4.05. The van der Waals surface area contributed by atoms with Crippen molar-refractivity contribution in [1.29, 1.82) is 0 Å². The first kappa shape index (κ1) is 25.1. The fourth-order valence-electron chi connectivity index (χ4n) is 3.64. The molecule has 0 spiro atoms. The van der Waals surface area contributed by atoms with Crippen LogP contribution in [0.4, 0.5) is 14.5 Å². The normalized spacial score (nSPS) is 12.6. The zero-order valence-corrected chi connectivity index (χ0v) is 19.6. The Balaban J connectivity index is 1.33. The molecule has 184 valence electrons. The number of ether oxygens (including phenoxy) is 1. The monoisotopic (exact) mass is 510 g/mol. The first-order valence-corrected chi connectivity index (χ1v) is 11.8. The second-order valence-corrected chi connectivity index (χ2v) is 8.85. The lowest BCUT2D eigenvalue weighted by Gasteiger charge is -2.13. The Kier molecular flexibility index (Phi) is 7.74. The molecule has 1 heterocycles. The molecule has 1 N–H and O–H groups in total.